The Morgan fingerprint density at radius 3 is 2.43 bits per heavy atom. The molecule has 0 unspecified atom stereocenters. The maximum atomic E-state index is 10.2. The molecule has 6 heteroatoms. The van der Waals surface area contributed by atoms with Crippen molar-refractivity contribution in [2.45, 2.75) is 19.8 Å². The lowest BCUT2D eigenvalue weighted by Crippen LogP contribution is -2.10. The summed E-state index contributed by atoms with van der Waals surface area (Å²) in [7, 11) is 0. The molecule has 1 heterocycles. The number of aromatic amines is 1. The van der Waals surface area contributed by atoms with Crippen molar-refractivity contribution in [1.82, 2.24) is 10.2 Å². The minimum atomic E-state index is -0.711. The van der Waals surface area contributed by atoms with Crippen LogP contribution in [0.25, 0.3) is 0 Å². The van der Waals surface area contributed by atoms with Crippen molar-refractivity contribution in [3.63, 3.8) is 0 Å². The highest BCUT2D eigenvalue weighted by atomic mass is 16.4. The molecule has 0 aliphatic rings. The maximum absolute atomic E-state index is 10.2. The van der Waals surface area contributed by atoms with Crippen molar-refractivity contribution in [3.8, 4) is 0 Å². The van der Waals surface area contributed by atoms with E-state index in [1.54, 1.807) is 6.20 Å². The number of rotatable bonds is 3. The topological polar surface area (TPSA) is 109 Å². The number of H-pyrrole nitrogens is 1. The van der Waals surface area contributed by atoms with Gasteiger partial charge in [-0.15, -0.1) is 0 Å². The van der Waals surface area contributed by atoms with Crippen LogP contribution in [0.4, 0.5) is 0 Å². The third-order valence-electron chi connectivity index (χ3n) is 1.22. The van der Waals surface area contributed by atoms with Crippen molar-refractivity contribution < 1.29 is 14.7 Å². The molecule has 1 amide bonds. The average Bonchev–Trinajstić information content (AvgIpc) is 2.56. The second-order valence-corrected chi connectivity index (χ2v) is 2.47. The molecule has 0 aliphatic carbocycles. The molecule has 0 atom stereocenters. The summed E-state index contributed by atoms with van der Waals surface area (Å²) in [6.07, 6.45) is 2.56. The summed E-state index contributed by atoms with van der Waals surface area (Å²) in [4.78, 5) is 19.8. The first-order valence-corrected chi connectivity index (χ1v) is 4.09. The average molecular weight is 199 g/mol. The maximum Gasteiger partial charge on any atom is 0.303 e. The number of aliphatic carboxylic acids is 1. The third-order valence-corrected chi connectivity index (χ3v) is 1.22. The van der Waals surface area contributed by atoms with E-state index in [-0.39, 0.29) is 5.69 Å². The van der Waals surface area contributed by atoms with Gasteiger partial charge >= 0.3 is 5.97 Å². The summed E-state index contributed by atoms with van der Waals surface area (Å²) in [6, 6.07) is 1.52. The van der Waals surface area contributed by atoms with Crippen molar-refractivity contribution in [2.75, 3.05) is 0 Å². The standard InChI is InChI=1S/C4H5N3O.C4H8O2/c5-4(8)3-1-2-6-7-3;1-2-3-4(5)6/h1-2H,(H2,5,8)(H,6,7);2-3H2,1H3,(H,5,6). The van der Waals surface area contributed by atoms with Crippen LogP contribution in [0.3, 0.4) is 0 Å². The Balaban J connectivity index is 0.000000255. The van der Waals surface area contributed by atoms with Gasteiger partial charge in [0.2, 0.25) is 0 Å². The molecule has 1 rings (SSSR count). The molecule has 1 aromatic heterocycles. The van der Waals surface area contributed by atoms with Crippen molar-refractivity contribution in [2.24, 2.45) is 5.73 Å². The number of hydrogen-bond donors (Lipinski definition) is 3. The van der Waals surface area contributed by atoms with Crippen LogP contribution in [0.2, 0.25) is 0 Å². The molecule has 0 fully saturated rings. The first kappa shape index (κ1) is 12.2. The van der Waals surface area contributed by atoms with E-state index in [1.165, 1.54) is 6.07 Å². The number of carbonyl (C=O) groups is 2. The molecule has 78 valence electrons. The Labute approximate surface area is 81.1 Å². The predicted octanol–water partition coefficient (Wildman–Crippen LogP) is 0.380. The smallest absolute Gasteiger partial charge is 0.303 e. The second-order valence-electron chi connectivity index (χ2n) is 2.47. The Morgan fingerprint density at radius 1 is 1.64 bits per heavy atom. The van der Waals surface area contributed by atoms with E-state index in [0.29, 0.717) is 6.42 Å². The van der Waals surface area contributed by atoms with Crippen molar-refractivity contribution in [3.05, 3.63) is 18.0 Å². The summed E-state index contributed by atoms with van der Waals surface area (Å²) >= 11 is 0. The van der Waals surface area contributed by atoms with E-state index in [0.717, 1.165) is 6.42 Å². The van der Waals surface area contributed by atoms with E-state index in [4.69, 9.17) is 10.8 Å². The number of primary amides is 1. The Hall–Kier alpha value is -1.85. The normalized spacial score (nSPS) is 8.64. The fraction of sp³-hybridized carbons (Fsp3) is 0.375. The third kappa shape index (κ3) is 5.76. The zero-order valence-corrected chi connectivity index (χ0v) is 7.86. The largest absolute Gasteiger partial charge is 0.481 e. The number of nitrogens with zero attached hydrogens (tertiary/aromatic N) is 1. The van der Waals surface area contributed by atoms with Crippen LogP contribution in [0.5, 0.6) is 0 Å². The summed E-state index contributed by atoms with van der Waals surface area (Å²) in [6.45, 7) is 1.84. The summed E-state index contributed by atoms with van der Waals surface area (Å²) in [5.74, 6) is -1.22. The molecule has 1 aromatic rings. The van der Waals surface area contributed by atoms with Crippen LogP contribution in [0.15, 0.2) is 12.3 Å². The Bertz CT molecular complexity index is 282. The molecular weight excluding hydrogens is 186 g/mol. The zero-order valence-electron chi connectivity index (χ0n) is 7.86. The molecule has 0 spiro atoms. The zero-order chi connectivity index (χ0) is 11.0. The summed E-state index contributed by atoms with van der Waals surface area (Å²) in [5.41, 5.74) is 5.11. The second kappa shape index (κ2) is 6.64. The lowest BCUT2D eigenvalue weighted by atomic mass is 10.4. The number of aromatic nitrogens is 2. The van der Waals surface area contributed by atoms with Gasteiger partial charge in [-0.1, -0.05) is 6.92 Å². The van der Waals surface area contributed by atoms with E-state index in [9.17, 15) is 9.59 Å². The minimum Gasteiger partial charge on any atom is -0.481 e. The number of carbonyl (C=O) groups excluding carboxylic acids is 1. The molecule has 0 saturated carbocycles. The van der Waals surface area contributed by atoms with E-state index in [1.807, 2.05) is 6.92 Å². The highest BCUT2D eigenvalue weighted by Gasteiger charge is 1.97. The van der Waals surface area contributed by atoms with E-state index < -0.39 is 11.9 Å². The highest BCUT2D eigenvalue weighted by molar-refractivity contribution is 5.90. The van der Waals surface area contributed by atoms with Crippen LogP contribution in [-0.2, 0) is 4.79 Å². The lowest BCUT2D eigenvalue weighted by Gasteiger charge is -1.79. The molecule has 0 aliphatic heterocycles. The van der Waals surface area contributed by atoms with Crippen molar-refractivity contribution >= 4 is 11.9 Å². The first-order chi connectivity index (χ1) is 6.57. The molecule has 0 radical (unpaired) electrons. The lowest BCUT2D eigenvalue weighted by molar-refractivity contribution is -0.137. The molecule has 0 saturated heterocycles. The fourth-order valence-corrected chi connectivity index (χ4v) is 0.611. The first-order valence-electron chi connectivity index (χ1n) is 4.09. The number of nitrogens with two attached hydrogens (primary N) is 1. The van der Waals surface area contributed by atoms with Crippen LogP contribution < -0.4 is 5.73 Å². The number of carboxylic acid groups (broad SMARTS) is 1. The van der Waals surface area contributed by atoms with Gasteiger partial charge in [-0.3, -0.25) is 14.7 Å². The SMILES string of the molecule is CCCC(=O)O.NC(=O)c1cc[nH]n1. The number of nitrogens with one attached hydrogen (secondary N) is 1. The van der Waals surface area contributed by atoms with Crippen LogP contribution in [0, 0.1) is 0 Å². The minimum absolute atomic E-state index is 0.269. The van der Waals surface area contributed by atoms with Gasteiger partial charge in [0.25, 0.3) is 5.91 Å². The Morgan fingerprint density at radius 2 is 2.29 bits per heavy atom. The quantitative estimate of drug-likeness (QED) is 0.653. The molecular formula is C8H13N3O3. The van der Waals surface area contributed by atoms with Gasteiger partial charge in [0.15, 0.2) is 0 Å². The Kier molecular flexibility index (Phi) is 5.77. The van der Waals surface area contributed by atoms with Crippen LogP contribution in [-0.4, -0.2) is 27.2 Å². The summed E-state index contributed by atoms with van der Waals surface area (Å²) in [5, 5.41) is 13.9. The molecule has 0 bridgehead atoms. The van der Waals surface area contributed by atoms with Crippen LogP contribution in [0.1, 0.15) is 30.3 Å². The molecule has 14 heavy (non-hydrogen) atoms. The van der Waals surface area contributed by atoms with Gasteiger partial charge in [-0.05, 0) is 12.5 Å². The molecule has 4 N–H and O–H groups in total. The predicted molar refractivity (Wildman–Crippen MR) is 49.6 cm³/mol. The monoisotopic (exact) mass is 199 g/mol. The van der Waals surface area contributed by atoms with Gasteiger partial charge in [-0.25, -0.2) is 0 Å². The number of amides is 1. The van der Waals surface area contributed by atoms with Gasteiger partial charge in [0.05, 0.1) is 0 Å². The van der Waals surface area contributed by atoms with E-state index in [2.05, 4.69) is 10.2 Å². The molecule has 0 aromatic carbocycles. The van der Waals surface area contributed by atoms with Gasteiger partial charge in [0, 0.05) is 12.6 Å². The fourth-order valence-electron chi connectivity index (χ4n) is 0.611. The van der Waals surface area contributed by atoms with Gasteiger partial charge in [0.1, 0.15) is 5.69 Å². The van der Waals surface area contributed by atoms with Crippen LogP contribution >= 0.6 is 0 Å². The molecule has 6 nitrogen and oxygen atoms in total. The van der Waals surface area contributed by atoms with Gasteiger partial charge in [-0.2, -0.15) is 5.10 Å². The summed E-state index contributed by atoms with van der Waals surface area (Å²) < 4.78 is 0. The van der Waals surface area contributed by atoms with E-state index >= 15 is 0 Å². The highest BCUT2D eigenvalue weighted by Crippen LogP contribution is 1.86. The van der Waals surface area contributed by atoms with Crippen molar-refractivity contribution in [1.29, 1.82) is 0 Å². The van der Waals surface area contributed by atoms with Gasteiger partial charge < -0.3 is 10.8 Å². The number of carboxylic acids is 1. The number of hydrogen-bond acceptors (Lipinski definition) is 3.